The first-order valence-corrected chi connectivity index (χ1v) is 17.9. The number of hydrogen-bond acceptors (Lipinski definition) is 12. The molecule has 0 spiro atoms. The Balaban J connectivity index is 3.24. The van der Waals surface area contributed by atoms with Crippen LogP contribution in [0, 0.1) is 11.3 Å². The molecule has 5 amide bonds. The number of benzene rings is 1. The average Bonchev–Trinajstić information content (AvgIpc) is 3.10. The smallest absolute Gasteiger partial charge is 0.326 e. The van der Waals surface area contributed by atoms with Crippen molar-refractivity contribution < 1.29 is 48.9 Å². The number of phenolic OH excluding ortho intramolecular Hbond substituents is 1. The second-order valence-corrected chi connectivity index (χ2v) is 13.2. The highest BCUT2D eigenvalue weighted by atomic mass is 32.1. The van der Waals surface area contributed by atoms with Crippen molar-refractivity contribution in [3.63, 3.8) is 0 Å². The van der Waals surface area contributed by atoms with Gasteiger partial charge in [0.15, 0.2) is 5.96 Å². The Bertz CT molecular complexity index is 1450. The third-order valence-corrected chi connectivity index (χ3v) is 8.37. The molecule has 54 heavy (non-hydrogen) atoms. The van der Waals surface area contributed by atoms with Crippen LogP contribution in [-0.4, -0.2) is 118 Å². The van der Waals surface area contributed by atoms with Gasteiger partial charge in [-0.25, -0.2) is 4.79 Å². The molecule has 0 bridgehead atoms. The number of hydrogen-bond donors (Lipinski definition) is 14. The average molecular weight is 783 g/mol. The first-order valence-electron chi connectivity index (χ1n) is 17.3. The first kappa shape index (κ1) is 46.9. The number of nitrogens with one attached hydrogen (secondary N) is 7. The Morgan fingerprint density at radius 3 is 1.78 bits per heavy atom. The number of thiol groups is 1. The second-order valence-electron chi connectivity index (χ2n) is 12.8. The van der Waals surface area contributed by atoms with Gasteiger partial charge in [-0.15, -0.1) is 0 Å². The molecule has 1 rings (SSSR count). The maximum Gasteiger partial charge on any atom is 0.326 e. The van der Waals surface area contributed by atoms with Gasteiger partial charge in [-0.1, -0.05) is 26.0 Å². The zero-order chi connectivity index (χ0) is 41.0. The largest absolute Gasteiger partial charge is 0.508 e. The molecule has 16 N–H and O–H groups in total. The maximum absolute atomic E-state index is 13.6. The maximum atomic E-state index is 13.6. The van der Waals surface area contributed by atoms with E-state index in [0.717, 1.165) is 0 Å². The van der Waals surface area contributed by atoms with Crippen molar-refractivity contribution in [3.8, 4) is 5.75 Å². The number of amides is 5. The quantitative estimate of drug-likeness (QED) is 0.0207. The standard InChI is InChI=1S/C33H54N10O10S/c1-17(2)26(31(51)42-24(32(52)53)14-18-8-10-19(44)11-9-18)43-30(50)23(15-25(45)46)41-29(49)21(6-3-4-12-34)40-28(48)22(7-5-13-38-33(36)37)39-27(47)20(35)16-54/h8-11,17,20-24,26,44,54H,3-7,12-16,34-35H2,1-2H3,(H,39,47)(H,40,48)(H,41,49)(H,42,51)(H,43,50)(H,45,46)(H,52,53)(H4,36,37,38)/t20-,21-,22-,23-,24-,26-/m0/s1. The number of guanidine groups is 1. The van der Waals surface area contributed by atoms with Crippen LogP contribution in [0.15, 0.2) is 24.3 Å². The van der Waals surface area contributed by atoms with Gasteiger partial charge in [-0.3, -0.25) is 34.2 Å². The van der Waals surface area contributed by atoms with Crippen molar-refractivity contribution in [2.24, 2.45) is 23.1 Å². The van der Waals surface area contributed by atoms with Gasteiger partial charge in [0.25, 0.3) is 0 Å². The highest BCUT2D eigenvalue weighted by Crippen LogP contribution is 2.13. The Hall–Kier alpha value is -5.15. The van der Waals surface area contributed by atoms with Gasteiger partial charge in [0.1, 0.15) is 36.0 Å². The van der Waals surface area contributed by atoms with Crippen molar-refractivity contribution in [2.75, 3.05) is 18.8 Å². The predicted molar refractivity (Wildman–Crippen MR) is 200 cm³/mol. The van der Waals surface area contributed by atoms with E-state index in [2.05, 4.69) is 44.5 Å². The highest BCUT2D eigenvalue weighted by molar-refractivity contribution is 7.80. The van der Waals surface area contributed by atoms with Crippen molar-refractivity contribution in [3.05, 3.63) is 29.8 Å². The van der Waals surface area contributed by atoms with E-state index in [1.54, 1.807) is 13.8 Å². The zero-order valence-electron chi connectivity index (χ0n) is 30.3. The summed E-state index contributed by atoms with van der Waals surface area (Å²) in [5.74, 6) is -8.23. The number of carbonyl (C=O) groups excluding carboxylic acids is 5. The van der Waals surface area contributed by atoms with Crippen LogP contribution in [-0.2, 0) is 40.0 Å². The molecule has 1 aromatic rings. The number of nitrogens with two attached hydrogens (primary N) is 3. The topological polar surface area (TPSA) is 354 Å². The van der Waals surface area contributed by atoms with Crippen LogP contribution in [0.3, 0.4) is 0 Å². The summed E-state index contributed by atoms with van der Waals surface area (Å²) in [5.41, 5.74) is 17.2. The normalized spacial score (nSPS) is 14.3. The molecule has 0 aliphatic rings. The van der Waals surface area contributed by atoms with E-state index in [-0.39, 0.29) is 56.2 Å². The van der Waals surface area contributed by atoms with Crippen LogP contribution >= 0.6 is 12.6 Å². The molecule has 1 aromatic carbocycles. The fraction of sp³-hybridized carbons (Fsp3) is 0.576. The molecule has 0 unspecified atom stereocenters. The molecule has 6 atom stereocenters. The van der Waals surface area contributed by atoms with Crippen molar-refractivity contribution in [1.29, 1.82) is 5.41 Å². The van der Waals surface area contributed by atoms with Crippen LogP contribution in [0.25, 0.3) is 0 Å². The lowest BCUT2D eigenvalue weighted by molar-refractivity contribution is -0.143. The molecule has 0 aliphatic carbocycles. The number of rotatable bonds is 25. The molecule has 0 saturated heterocycles. The van der Waals surface area contributed by atoms with Gasteiger partial charge in [-0.2, -0.15) is 12.6 Å². The molecule has 0 radical (unpaired) electrons. The third-order valence-electron chi connectivity index (χ3n) is 7.98. The summed E-state index contributed by atoms with van der Waals surface area (Å²) in [4.78, 5) is 90.2. The minimum Gasteiger partial charge on any atom is -0.508 e. The van der Waals surface area contributed by atoms with Gasteiger partial charge in [0.05, 0.1) is 12.5 Å². The molecule has 0 aliphatic heterocycles. The van der Waals surface area contributed by atoms with E-state index in [4.69, 9.17) is 22.6 Å². The predicted octanol–water partition coefficient (Wildman–Crippen LogP) is -2.78. The summed E-state index contributed by atoms with van der Waals surface area (Å²) >= 11 is 4.00. The highest BCUT2D eigenvalue weighted by Gasteiger charge is 2.34. The van der Waals surface area contributed by atoms with E-state index in [1.165, 1.54) is 24.3 Å². The molecule has 0 fully saturated rings. The third kappa shape index (κ3) is 17.6. The number of unbranched alkanes of at least 4 members (excludes halogenated alkanes) is 1. The van der Waals surface area contributed by atoms with Gasteiger partial charge in [-0.05, 0) is 62.3 Å². The molecule has 0 heterocycles. The number of aliphatic carboxylic acids is 2. The second kappa shape index (κ2) is 24.2. The lowest BCUT2D eigenvalue weighted by atomic mass is 10.0. The first-order chi connectivity index (χ1) is 25.4. The number of phenols is 1. The molecule has 21 heteroatoms. The van der Waals surface area contributed by atoms with Gasteiger partial charge >= 0.3 is 11.9 Å². The van der Waals surface area contributed by atoms with Gasteiger partial charge in [0, 0.05) is 18.7 Å². The number of carboxylic acid groups (broad SMARTS) is 2. The van der Waals surface area contributed by atoms with E-state index in [1.807, 2.05) is 0 Å². The van der Waals surface area contributed by atoms with Crippen LogP contribution in [0.5, 0.6) is 5.75 Å². The number of carboxylic acids is 2. The SMILES string of the molecule is CC(C)[C@H](NC(=O)[C@H](CC(=O)O)NC(=O)[C@H](CCCCN)NC(=O)[C@H](CCCNC(=N)N)NC(=O)[C@@H](N)CS)C(=O)N[C@@H](Cc1ccc(O)cc1)C(=O)O. The van der Waals surface area contributed by atoms with Gasteiger partial charge < -0.3 is 64.4 Å². The van der Waals surface area contributed by atoms with Gasteiger partial charge in [0.2, 0.25) is 29.5 Å². The van der Waals surface area contributed by atoms with Crippen LogP contribution in [0.1, 0.15) is 57.9 Å². The summed E-state index contributed by atoms with van der Waals surface area (Å²) in [6.45, 7) is 3.56. The summed E-state index contributed by atoms with van der Waals surface area (Å²) in [5, 5.41) is 50.9. The van der Waals surface area contributed by atoms with Crippen molar-refractivity contribution in [2.45, 2.75) is 95.0 Å². The monoisotopic (exact) mass is 782 g/mol. The van der Waals surface area contributed by atoms with Crippen LogP contribution in [0.4, 0.5) is 0 Å². The van der Waals surface area contributed by atoms with Crippen LogP contribution in [0.2, 0.25) is 0 Å². The summed E-state index contributed by atoms with van der Waals surface area (Å²) in [6, 6.07) is -2.45. The lowest BCUT2D eigenvalue weighted by Crippen LogP contribution is -2.60. The minimum atomic E-state index is -1.74. The Morgan fingerprint density at radius 2 is 1.28 bits per heavy atom. The van der Waals surface area contributed by atoms with E-state index < -0.39 is 90.1 Å². The number of carbonyl (C=O) groups is 7. The van der Waals surface area contributed by atoms with Crippen LogP contribution < -0.4 is 49.1 Å². The lowest BCUT2D eigenvalue weighted by Gasteiger charge is -2.28. The molecule has 20 nitrogen and oxygen atoms in total. The summed E-state index contributed by atoms with van der Waals surface area (Å²) < 4.78 is 0. The van der Waals surface area contributed by atoms with E-state index in [9.17, 15) is 48.9 Å². The fourth-order valence-corrected chi connectivity index (χ4v) is 5.13. The van der Waals surface area contributed by atoms with Crippen molar-refractivity contribution in [1.82, 2.24) is 31.9 Å². The Morgan fingerprint density at radius 1 is 0.759 bits per heavy atom. The zero-order valence-corrected chi connectivity index (χ0v) is 31.2. The Kier molecular flexibility index (Phi) is 21.0. The van der Waals surface area contributed by atoms with E-state index in [0.29, 0.717) is 18.4 Å². The number of aromatic hydroxyl groups is 1. The summed E-state index contributed by atoms with van der Waals surface area (Å²) in [6.07, 6.45) is 0.00303. The minimum absolute atomic E-state index is 0.00747. The molecule has 0 saturated carbocycles. The fourth-order valence-electron chi connectivity index (χ4n) is 4.97. The Labute approximate surface area is 318 Å². The van der Waals surface area contributed by atoms with E-state index >= 15 is 0 Å². The molecule has 302 valence electrons. The summed E-state index contributed by atoms with van der Waals surface area (Å²) in [7, 11) is 0. The molecular weight excluding hydrogens is 728 g/mol. The molecule has 0 aromatic heterocycles. The molecular formula is C33H54N10O10S. The van der Waals surface area contributed by atoms with Crippen molar-refractivity contribution >= 4 is 60.1 Å².